The van der Waals surface area contributed by atoms with E-state index in [1.165, 1.54) is 0 Å². The minimum Gasteiger partial charge on any atom is -0.490 e. The van der Waals surface area contributed by atoms with Gasteiger partial charge in [-0.2, -0.15) is 5.26 Å². The number of ether oxygens (including phenoxy) is 2. The number of hydrogen-bond donors (Lipinski definition) is 2. The highest BCUT2D eigenvalue weighted by atomic mass is 32.2. The van der Waals surface area contributed by atoms with E-state index in [-0.39, 0.29) is 24.4 Å². The summed E-state index contributed by atoms with van der Waals surface area (Å²) in [5, 5.41) is 20.1. The van der Waals surface area contributed by atoms with Crippen LogP contribution in [0.3, 0.4) is 0 Å². The van der Waals surface area contributed by atoms with Crippen LogP contribution in [0.25, 0.3) is 5.57 Å². The third kappa shape index (κ3) is 9.28. The van der Waals surface area contributed by atoms with Crippen molar-refractivity contribution in [2.24, 2.45) is 0 Å². The summed E-state index contributed by atoms with van der Waals surface area (Å²) >= 11 is 0. The quantitative estimate of drug-likeness (QED) is 0.430. The summed E-state index contributed by atoms with van der Waals surface area (Å²) in [6, 6.07) is 14.3. The third-order valence-corrected chi connectivity index (χ3v) is 7.73. The van der Waals surface area contributed by atoms with Crippen molar-refractivity contribution in [1.29, 1.82) is 5.26 Å². The molecule has 1 fully saturated rings. The van der Waals surface area contributed by atoms with Crippen LogP contribution in [-0.4, -0.2) is 61.2 Å². The molecule has 0 aliphatic carbocycles. The average molecular weight is 570 g/mol. The molecule has 216 valence electrons. The first kappa shape index (κ1) is 31.0. The molecule has 1 aliphatic heterocycles. The summed E-state index contributed by atoms with van der Waals surface area (Å²) in [6.07, 6.45) is 1.72. The molecular formula is C30H39N3O6S. The zero-order chi connectivity index (χ0) is 29.5. The molecule has 3 rings (SSSR count). The van der Waals surface area contributed by atoms with E-state index in [0.717, 1.165) is 11.1 Å². The first-order chi connectivity index (χ1) is 18.8. The number of rotatable bonds is 9. The number of nitrogens with one attached hydrogen (secondary N) is 1. The van der Waals surface area contributed by atoms with Gasteiger partial charge in [0.2, 0.25) is 10.0 Å². The monoisotopic (exact) mass is 569 g/mol. The highest BCUT2D eigenvalue weighted by Crippen LogP contribution is 2.28. The van der Waals surface area contributed by atoms with Gasteiger partial charge in [-0.05, 0) is 81.7 Å². The Morgan fingerprint density at radius 1 is 1.23 bits per heavy atom. The van der Waals surface area contributed by atoms with Crippen LogP contribution in [0.1, 0.15) is 64.2 Å². The second-order valence-corrected chi connectivity index (χ2v) is 12.9. The molecule has 0 spiro atoms. The van der Waals surface area contributed by atoms with Gasteiger partial charge >= 0.3 is 6.09 Å². The second-order valence-electron chi connectivity index (χ2n) is 10.9. The molecule has 1 heterocycles. The van der Waals surface area contributed by atoms with E-state index in [1.807, 2.05) is 33.8 Å². The van der Waals surface area contributed by atoms with E-state index in [4.69, 9.17) is 9.47 Å². The predicted molar refractivity (Wildman–Crippen MR) is 156 cm³/mol. The first-order valence-electron chi connectivity index (χ1n) is 13.4. The first-order valence-corrected chi connectivity index (χ1v) is 15.1. The fourth-order valence-corrected chi connectivity index (χ4v) is 5.01. The number of nitrogens with zero attached hydrogens (tertiary/aromatic N) is 2. The van der Waals surface area contributed by atoms with Crippen LogP contribution < -0.4 is 9.46 Å². The third-order valence-electron chi connectivity index (χ3n) is 6.44. The van der Waals surface area contributed by atoms with E-state index in [9.17, 15) is 23.6 Å². The molecule has 40 heavy (non-hydrogen) atoms. The van der Waals surface area contributed by atoms with Crippen LogP contribution in [0.2, 0.25) is 0 Å². The zero-order valence-electron chi connectivity index (χ0n) is 23.8. The molecule has 1 amide bonds. The number of nitriles is 1. The van der Waals surface area contributed by atoms with Crippen molar-refractivity contribution in [2.45, 2.75) is 71.7 Å². The molecule has 1 aliphatic rings. The van der Waals surface area contributed by atoms with Gasteiger partial charge in [0.05, 0.1) is 29.2 Å². The van der Waals surface area contributed by atoms with E-state index in [0.29, 0.717) is 48.5 Å². The Balaban J connectivity index is 1.75. The van der Waals surface area contributed by atoms with Crippen molar-refractivity contribution in [3.05, 3.63) is 65.2 Å². The SMILES string of the molecule is CCS(=O)(=O)Nc1ccc(OC2CCN(C(=O)OC(C)(C)C)CC2)cc1CC(O)/C=C(\C)c1cccc(C#N)c1. The minimum atomic E-state index is -3.54. The number of amides is 1. The lowest BCUT2D eigenvalue weighted by Gasteiger charge is -2.33. The lowest BCUT2D eigenvalue weighted by Crippen LogP contribution is -2.44. The fraction of sp³-hybridized carbons (Fsp3) is 0.467. The smallest absolute Gasteiger partial charge is 0.410 e. The summed E-state index contributed by atoms with van der Waals surface area (Å²) in [5.74, 6) is 0.470. The van der Waals surface area contributed by atoms with Gasteiger partial charge in [0.15, 0.2) is 0 Å². The lowest BCUT2D eigenvalue weighted by atomic mass is 10.00. The van der Waals surface area contributed by atoms with Crippen molar-refractivity contribution in [2.75, 3.05) is 23.6 Å². The predicted octanol–water partition coefficient (Wildman–Crippen LogP) is 5.11. The molecule has 0 aromatic heterocycles. The minimum absolute atomic E-state index is 0.0856. The molecule has 1 atom stereocenters. The molecule has 10 heteroatoms. The van der Waals surface area contributed by atoms with Gasteiger partial charge in [0.1, 0.15) is 17.5 Å². The second kappa shape index (κ2) is 13.2. The number of benzene rings is 2. The Morgan fingerprint density at radius 2 is 1.93 bits per heavy atom. The molecule has 1 saturated heterocycles. The number of carbonyl (C=O) groups is 1. The van der Waals surface area contributed by atoms with Crippen molar-refractivity contribution >= 4 is 27.4 Å². The largest absolute Gasteiger partial charge is 0.490 e. The molecule has 9 nitrogen and oxygen atoms in total. The normalized spacial score (nSPS) is 15.7. The standard InChI is InChI=1S/C30H39N3O6S/c1-6-40(36,37)32-28-11-10-27(38-26-12-14-33(15-13-26)29(35)39-30(3,4)5)19-24(28)18-25(34)16-21(2)23-9-7-8-22(17-23)20-31/h7-11,16-17,19,25-26,32,34H,6,12-15,18H2,1-5H3/b21-16+. The van der Waals surface area contributed by atoms with Gasteiger partial charge in [-0.3, -0.25) is 4.72 Å². The summed E-state index contributed by atoms with van der Waals surface area (Å²) in [6.45, 7) is 9.94. The van der Waals surface area contributed by atoms with Crippen molar-refractivity contribution in [1.82, 2.24) is 4.90 Å². The maximum absolute atomic E-state index is 12.4. The molecule has 0 bridgehead atoms. The number of carbonyl (C=O) groups excluding carboxylic acids is 1. The number of anilines is 1. The van der Waals surface area contributed by atoms with E-state index in [1.54, 1.807) is 54.3 Å². The maximum Gasteiger partial charge on any atom is 0.410 e. The fourth-order valence-electron chi connectivity index (χ4n) is 4.33. The number of allylic oxidation sites excluding steroid dienone is 1. The molecule has 0 saturated carbocycles. The van der Waals surface area contributed by atoms with Crippen LogP contribution in [0.5, 0.6) is 5.75 Å². The summed E-state index contributed by atoms with van der Waals surface area (Å²) in [4.78, 5) is 14.0. The topological polar surface area (TPSA) is 129 Å². The number of likely N-dealkylation sites (tertiary alicyclic amines) is 1. The highest BCUT2D eigenvalue weighted by Gasteiger charge is 2.28. The Kier molecular flexibility index (Phi) is 10.2. The average Bonchev–Trinajstić information content (AvgIpc) is 2.89. The van der Waals surface area contributed by atoms with Crippen LogP contribution in [-0.2, 0) is 21.2 Å². The van der Waals surface area contributed by atoms with Gasteiger partial charge in [0.25, 0.3) is 0 Å². The van der Waals surface area contributed by atoms with Crippen LogP contribution in [0.15, 0.2) is 48.5 Å². The summed E-state index contributed by atoms with van der Waals surface area (Å²) in [7, 11) is -3.54. The van der Waals surface area contributed by atoms with Crippen LogP contribution in [0.4, 0.5) is 10.5 Å². The Morgan fingerprint density at radius 3 is 2.55 bits per heavy atom. The number of aliphatic hydroxyl groups excluding tert-OH is 1. The summed E-state index contributed by atoms with van der Waals surface area (Å²) < 4.78 is 38.9. The lowest BCUT2D eigenvalue weighted by molar-refractivity contribution is 0.0126. The van der Waals surface area contributed by atoms with E-state index < -0.39 is 21.7 Å². The van der Waals surface area contributed by atoms with Gasteiger partial charge in [-0.1, -0.05) is 18.2 Å². The van der Waals surface area contributed by atoms with Gasteiger partial charge in [0, 0.05) is 32.4 Å². The zero-order valence-corrected chi connectivity index (χ0v) is 24.6. The molecule has 2 N–H and O–H groups in total. The van der Waals surface area contributed by atoms with Crippen molar-refractivity contribution in [3.8, 4) is 11.8 Å². The molecule has 0 radical (unpaired) electrons. The Labute approximate surface area is 237 Å². The molecule has 1 unspecified atom stereocenters. The van der Waals surface area contributed by atoms with Gasteiger partial charge in [-0.25, -0.2) is 13.2 Å². The van der Waals surface area contributed by atoms with E-state index >= 15 is 0 Å². The van der Waals surface area contributed by atoms with Gasteiger partial charge in [-0.15, -0.1) is 0 Å². The molecule has 2 aromatic rings. The highest BCUT2D eigenvalue weighted by molar-refractivity contribution is 7.92. The van der Waals surface area contributed by atoms with E-state index in [2.05, 4.69) is 10.8 Å². The Bertz CT molecular complexity index is 1370. The summed E-state index contributed by atoms with van der Waals surface area (Å²) in [5.41, 5.74) is 2.55. The van der Waals surface area contributed by atoms with Gasteiger partial charge < -0.3 is 19.5 Å². The number of hydrogen-bond acceptors (Lipinski definition) is 7. The van der Waals surface area contributed by atoms with Crippen LogP contribution in [0, 0.1) is 11.3 Å². The number of aliphatic hydroxyl groups is 1. The molecular weight excluding hydrogens is 530 g/mol. The Hall–Kier alpha value is -3.55. The number of sulfonamides is 1. The molecule has 2 aromatic carbocycles. The maximum atomic E-state index is 12.4. The van der Waals surface area contributed by atoms with Crippen LogP contribution >= 0.6 is 0 Å². The van der Waals surface area contributed by atoms with Crippen molar-refractivity contribution < 1.29 is 27.8 Å². The number of piperidine rings is 1. The van der Waals surface area contributed by atoms with Crippen molar-refractivity contribution in [3.63, 3.8) is 0 Å².